The van der Waals surface area contributed by atoms with Crippen LogP contribution in [0.4, 0.5) is 0 Å². The molecule has 1 fully saturated rings. The lowest BCUT2D eigenvalue weighted by Crippen LogP contribution is -2.52. The average molecular weight is 214 g/mol. The second-order valence-corrected chi connectivity index (χ2v) is 5.10. The topological polar surface area (TPSA) is 75.4 Å². The highest BCUT2D eigenvalue weighted by atomic mass is 16.3. The van der Waals surface area contributed by atoms with Crippen molar-refractivity contribution in [2.45, 2.75) is 51.1 Å². The molecule has 0 aliphatic heterocycles. The Labute approximate surface area is 91.2 Å². The molecule has 0 unspecified atom stereocenters. The number of hydrogen-bond donors (Lipinski definition) is 3. The Balaban J connectivity index is 2.33. The van der Waals surface area contributed by atoms with E-state index in [2.05, 4.69) is 5.32 Å². The fourth-order valence-electron chi connectivity index (χ4n) is 1.86. The largest absolute Gasteiger partial charge is 0.396 e. The zero-order valence-electron chi connectivity index (χ0n) is 9.62. The zero-order valence-corrected chi connectivity index (χ0v) is 9.62. The highest BCUT2D eigenvalue weighted by Crippen LogP contribution is 2.23. The van der Waals surface area contributed by atoms with Crippen molar-refractivity contribution >= 4 is 5.91 Å². The fraction of sp³-hybridized carbons (Fsp3) is 0.909. The first-order valence-electron chi connectivity index (χ1n) is 5.64. The van der Waals surface area contributed by atoms with Gasteiger partial charge in [0.25, 0.3) is 0 Å². The van der Waals surface area contributed by atoms with Gasteiger partial charge in [-0.3, -0.25) is 4.79 Å². The fourth-order valence-corrected chi connectivity index (χ4v) is 1.86. The van der Waals surface area contributed by atoms with E-state index < -0.39 is 5.54 Å². The molecule has 0 atom stereocenters. The monoisotopic (exact) mass is 214 g/mol. The number of carbonyl (C=O) groups is 1. The number of aliphatic hydroxyl groups excluding tert-OH is 1. The van der Waals surface area contributed by atoms with E-state index in [4.69, 9.17) is 10.8 Å². The zero-order chi connectivity index (χ0) is 11.5. The van der Waals surface area contributed by atoms with E-state index >= 15 is 0 Å². The number of nitrogens with two attached hydrogens (primary N) is 1. The molecule has 1 rings (SSSR count). The smallest absolute Gasteiger partial charge is 0.239 e. The summed E-state index contributed by atoms with van der Waals surface area (Å²) in [5.41, 5.74) is 4.90. The van der Waals surface area contributed by atoms with Gasteiger partial charge < -0.3 is 16.2 Å². The van der Waals surface area contributed by atoms with Crippen LogP contribution in [-0.4, -0.2) is 29.2 Å². The maximum absolute atomic E-state index is 11.6. The van der Waals surface area contributed by atoms with Crippen molar-refractivity contribution in [2.75, 3.05) is 6.61 Å². The quantitative estimate of drug-likeness (QED) is 0.636. The summed E-state index contributed by atoms with van der Waals surface area (Å²) in [5, 5.41) is 11.9. The van der Waals surface area contributed by atoms with E-state index in [1.165, 1.54) is 0 Å². The van der Waals surface area contributed by atoms with Gasteiger partial charge >= 0.3 is 0 Å². The van der Waals surface area contributed by atoms with Crippen LogP contribution in [0.25, 0.3) is 0 Å². The standard InChI is InChI=1S/C11H22N2O2/c1-11(2,12)10(15)13-9-5-3-8(7-14)4-6-9/h8-9,14H,3-7,12H2,1-2H3,(H,13,15). The van der Waals surface area contributed by atoms with E-state index in [0.717, 1.165) is 25.7 Å². The van der Waals surface area contributed by atoms with Gasteiger partial charge in [-0.2, -0.15) is 0 Å². The molecule has 0 spiro atoms. The van der Waals surface area contributed by atoms with Crippen LogP contribution in [0.1, 0.15) is 39.5 Å². The van der Waals surface area contributed by atoms with Gasteiger partial charge in [0.15, 0.2) is 0 Å². The van der Waals surface area contributed by atoms with E-state index in [9.17, 15) is 4.79 Å². The van der Waals surface area contributed by atoms with Crippen LogP contribution < -0.4 is 11.1 Å². The van der Waals surface area contributed by atoms with E-state index in [1.807, 2.05) is 0 Å². The molecule has 1 aliphatic rings. The minimum absolute atomic E-state index is 0.0880. The SMILES string of the molecule is CC(C)(N)C(=O)NC1CCC(CO)CC1. The van der Waals surface area contributed by atoms with Crippen LogP contribution in [0.5, 0.6) is 0 Å². The number of hydrogen-bond acceptors (Lipinski definition) is 3. The molecule has 1 aliphatic carbocycles. The average Bonchev–Trinajstić information content (AvgIpc) is 2.17. The highest BCUT2D eigenvalue weighted by Gasteiger charge is 2.27. The van der Waals surface area contributed by atoms with Crippen LogP contribution in [0, 0.1) is 5.92 Å². The van der Waals surface area contributed by atoms with Crippen molar-refractivity contribution in [3.05, 3.63) is 0 Å². The Morgan fingerprint density at radius 2 is 1.93 bits per heavy atom. The summed E-state index contributed by atoms with van der Waals surface area (Å²) in [6.45, 7) is 3.69. The summed E-state index contributed by atoms with van der Waals surface area (Å²) in [4.78, 5) is 11.6. The van der Waals surface area contributed by atoms with Crippen molar-refractivity contribution in [3.63, 3.8) is 0 Å². The number of carbonyl (C=O) groups excluding carboxylic acids is 1. The summed E-state index contributed by atoms with van der Waals surface area (Å²) in [7, 11) is 0. The van der Waals surface area contributed by atoms with Gasteiger partial charge in [-0.25, -0.2) is 0 Å². The summed E-state index contributed by atoms with van der Waals surface area (Å²) in [6.07, 6.45) is 3.89. The minimum atomic E-state index is -0.798. The Morgan fingerprint density at radius 1 is 1.40 bits per heavy atom. The molecule has 0 radical (unpaired) electrons. The molecule has 0 aromatic heterocycles. The van der Waals surface area contributed by atoms with Crippen molar-refractivity contribution in [2.24, 2.45) is 11.7 Å². The normalized spacial score (nSPS) is 27.5. The van der Waals surface area contributed by atoms with Crippen LogP contribution in [0.2, 0.25) is 0 Å². The molecule has 0 saturated heterocycles. The van der Waals surface area contributed by atoms with Crippen LogP contribution in [0.15, 0.2) is 0 Å². The molecule has 0 bridgehead atoms. The second-order valence-electron chi connectivity index (χ2n) is 5.10. The lowest BCUT2D eigenvalue weighted by molar-refractivity contribution is -0.126. The molecule has 0 aromatic carbocycles. The van der Waals surface area contributed by atoms with E-state index in [0.29, 0.717) is 5.92 Å². The maximum atomic E-state index is 11.6. The number of rotatable bonds is 3. The molecule has 15 heavy (non-hydrogen) atoms. The predicted molar refractivity (Wildman–Crippen MR) is 59.2 cm³/mol. The summed E-state index contributed by atoms with van der Waals surface area (Å²) >= 11 is 0. The number of amides is 1. The number of aliphatic hydroxyl groups is 1. The van der Waals surface area contributed by atoms with Crippen LogP contribution in [0.3, 0.4) is 0 Å². The third-order valence-corrected chi connectivity index (χ3v) is 3.03. The maximum Gasteiger partial charge on any atom is 0.239 e. The lowest BCUT2D eigenvalue weighted by Gasteiger charge is -2.30. The Kier molecular flexibility index (Phi) is 4.11. The summed E-state index contributed by atoms with van der Waals surface area (Å²) < 4.78 is 0. The molecule has 1 saturated carbocycles. The molecule has 1 amide bonds. The molecule has 88 valence electrons. The minimum Gasteiger partial charge on any atom is -0.396 e. The van der Waals surface area contributed by atoms with Crippen molar-refractivity contribution < 1.29 is 9.90 Å². The molecule has 4 N–H and O–H groups in total. The summed E-state index contributed by atoms with van der Waals surface area (Å²) in [6, 6.07) is 0.239. The predicted octanol–water partition coefficient (Wildman–Crippen LogP) is 0.391. The van der Waals surface area contributed by atoms with Gasteiger partial charge in [-0.15, -0.1) is 0 Å². The van der Waals surface area contributed by atoms with Crippen LogP contribution in [-0.2, 0) is 4.79 Å². The van der Waals surface area contributed by atoms with Gasteiger partial charge in [-0.05, 0) is 45.4 Å². The van der Waals surface area contributed by atoms with Crippen molar-refractivity contribution in [1.29, 1.82) is 0 Å². The number of nitrogens with one attached hydrogen (secondary N) is 1. The third-order valence-electron chi connectivity index (χ3n) is 3.03. The lowest BCUT2D eigenvalue weighted by atomic mass is 9.86. The first-order chi connectivity index (χ1) is 6.93. The Hall–Kier alpha value is -0.610. The first kappa shape index (κ1) is 12.5. The second kappa shape index (κ2) is 4.94. The van der Waals surface area contributed by atoms with E-state index in [-0.39, 0.29) is 18.6 Å². The molecule has 0 heterocycles. The Morgan fingerprint density at radius 3 is 2.33 bits per heavy atom. The van der Waals surface area contributed by atoms with Crippen molar-refractivity contribution in [3.8, 4) is 0 Å². The molecule has 4 nitrogen and oxygen atoms in total. The van der Waals surface area contributed by atoms with Gasteiger partial charge in [0.1, 0.15) is 0 Å². The highest BCUT2D eigenvalue weighted by molar-refractivity contribution is 5.85. The Bertz CT molecular complexity index is 215. The van der Waals surface area contributed by atoms with Gasteiger partial charge in [-0.1, -0.05) is 0 Å². The van der Waals surface area contributed by atoms with Crippen molar-refractivity contribution in [1.82, 2.24) is 5.32 Å². The molecular weight excluding hydrogens is 192 g/mol. The first-order valence-corrected chi connectivity index (χ1v) is 5.64. The van der Waals surface area contributed by atoms with Gasteiger partial charge in [0.2, 0.25) is 5.91 Å². The molecule has 4 heteroatoms. The summed E-state index contributed by atoms with van der Waals surface area (Å²) in [5.74, 6) is 0.332. The van der Waals surface area contributed by atoms with Gasteiger partial charge in [0.05, 0.1) is 5.54 Å². The molecular formula is C11H22N2O2. The molecule has 0 aromatic rings. The van der Waals surface area contributed by atoms with Crippen LogP contribution >= 0.6 is 0 Å². The van der Waals surface area contributed by atoms with Gasteiger partial charge in [0, 0.05) is 12.6 Å². The van der Waals surface area contributed by atoms with E-state index in [1.54, 1.807) is 13.8 Å². The third kappa shape index (κ3) is 3.80.